The summed E-state index contributed by atoms with van der Waals surface area (Å²) in [5.74, 6) is -1.29. The number of hydrogen-bond donors (Lipinski definition) is 2. The highest BCUT2D eigenvalue weighted by atomic mass is 16.4. The number of nitrogens with zero attached hydrogens (tertiary/aromatic N) is 1. The quantitative estimate of drug-likeness (QED) is 0.860. The molecule has 1 saturated carbocycles. The van der Waals surface area contributed by atoms with Crippen LogP contribution >= 0.6 is 0 Å². The normalized spacial score (nSPS) is 24.5. The van der Waals surface area contributed by atoms with Crippen molar-refractivity contribution in [2.24, 2.45) is 5.41 Å². The van der Waals surface area contributed by atoms with Gasteiger partial charge in [0.25, 0.3) is 5.91 Å². The highest BCUT2D eigenvalue weighted by Gasteiger charge is 2.52. The zero-order chi connectivity index (χ0) is 17.4. The fourth-order valence-electron chi connectivity index (χ4n) is 3.32. The number of rotatable bonds is 5. The summed E-state index contributed by atoms with van der Waals surface area (Å²) in [6.07, 6.45) is 2.52. The van der Waals surface area contributed by atoms with Crippen molar-refractivity contribution < 1.29 is 19.5 Å². The van der Waals surface area contributed by atoms with Gasteiger partial charge in [-0.1, -0.05) is 18.2 Å². The van der Waals surface area contributed by atoms with Gasteiger partial charge in [0.15, 0.2) is 0 Å². The molecule has 0 radical (unpaired) electrons. The molecule has 2 amide bonds. The van der Waals surface area contributed by atoms with E-state index in [2.05, 4.69) is 5.32 Å². The average Bonchev–Trinajstić information content (AvgIpc) is 3.29. The second-order valence-electron chi connectivity index (χ2n) is 6.97. The van der Waals surface area contributed by atoms with Gasteiger partial charge in [-0.3, -0.25) is 14.4 Å². The molecular weight excluding hydrogens is 308 g/mol. The summed E-state index contributed by atoms with van der Waals surface area (Å²) in [4.78, 5) is 38.3. The van der Waals surface area contributed by atoms with Crippen molar-refractivity contribution in [1.82, 2.24) is 10.2 Å². The lowest BCUT2D eigenvalue weighted by atomic mass is 9.96. The number of carbonyl (C=O) groups is 3. The fourth-order valence-corrected chi connectivity index (χ4v) is 3.32. The summed E-state index contributed by atoms with van der Waals surface area (Å²) in [5.41, 5.74) is -1.18. The first-order valence-corrected chi connectivity index (χ1v) is 8.28. The Bertz CT molecular complexity index is 669. The van der Waals surface area contributed by atoms with E-state index in [0.29, 0.717) is 31.4 Å². The molecule has 1 unspecified atom stereocenters. The van der Waals surface area contributed by atoms with Crippen molar-refractivity contribution in [2.45, 2.75) is 38.1 Å². The van der Waals surface area contributed by atoms with Gasteiger partial charge in [0.05, 0.1) is 5.41 Å². The largest absolute Gasteiger partial charge is 0.481 e. The Hall–Kier alpha value is -2.37. The summed E-state index contributed by atoms with van der Waals surface area (Å²) in [5, 5.41) is 12.0. The summed E-state index contributed by atoms with van der Waals surface area (Å²) in [6, 6.07) is 8.91. The van der Waals surface area contributed by atoms with Gasteiger partial charge in [-0.2, -0.15) is 0 Å². The molecule has 1 heterocycles. The zero-order valence-electron chi connectivity index (χ0n) is 13.7. The third-order valence-corrected chi connectivity index (χ3v) is 5.29. The fraction of sp³-hybridized carbons (Fsp3) is 0.500. The molecule has 24 heavy (non-hydrogen) atoms. The highest BCUT2D eigenvalue weighted by molar-refractivity contribution is 5.99. The topological polar surface area (TPSA) is 86.7 Å². The number of hydrogen-bond acceptors (Lipinski definition) is 3. The number of amides is 2. The minimum atomic E-state index is -0.929. The van der Waals surface area contributed by atoms with E-state index >= 15 is 0 Å². The highest BCUT2D eigenvalue weighted by Crippen LogP contribution is 2.45. The number of carboxylic acid groups (broad SMARTS) is 1. The Morgan fingerprint density at radius 1 is 1.17 bits per heavy atom. The number of benzene rings is 1. The lowest BCUT2D eigenvalue weighted by Gasteiger charge is -2.34. The smallest absolute Gasteiger partial charge is 0.311 e. The molecule has 1 aromatic rings. The van der Waals surface area contributed by atoms with Crippen molar-refractivity contribution >= 4 is 17.8 Å². The third kappa shape index (κ3) is 2.77. The van der Waals surface area contributed by atoms with Crippen molar-refractivity contribution in [3.05, 3.63) is 35.9 Å². The molecule has 1 aliphatic heterocycles. The Labute approximate surface area is 140 Å². The molecule has 1 aromatic carbocycles. The van der Waals surface area contributed by atoms with E-state index in [4.69, 9.17) is 0 Å². The molecule has 0 spiro atoms. The van der Waals surface area contributed by atoms with Crippen molar-refractivity contribution in [3.8, 4) is 0 Å². The van der Waals surface area contributed by atoms with Crippen LogP contribution in [0.4, 0.5) is 0 Å². The lowest BCUT2D eigenvalue weighted by Crippen LogP contribution is -2.56. The standard InChI is InChI=1S/C18H22N2O4/c1-17(15(22)19-12-18(9-10-18)16(23)24)8-5-11-20(17)14(21)13-6-3-2-4-7-13/h2-4,6-7H,5,8-12H2,1H3,(H,19,22)(H,23,24). The maximum absolute atomic E-state index is 12.7. The minimum Gasteiger partial charge on any atom is -0.481 e. The first-order valence-electron chi connectivity index (χ1n) is 8.28. The van der Waals surface area contributed by atoms with Gasteiger partial charge >= 0.3 is 5.97 Å². The molecule has 1 atom stereocenters. The van der Waals surface area contributed by atoms with Gasteiger partial charge in [-0.15, -0.1) is 0 Å². The minimum absolute atomic E-state index is 0.129. The molecule has 1 saturated heterocycles. The van der Waals surface area contributed by atoms with Crippen LogP contribution < -0.4 is 5.32 Å². The predicted molar refractivity (Wildman–Crippen MR) is 87.4 cm³/mol. The first kappa shape index (κ1) is 16.5. The molecule has 0 bridgehead atoms. The van der Waals surface area contributed by atoms with Gasteiger partial charge in [0, 0.05) is 18.7 Å². The van der Waals surface area contributed by atoms with Gasteiger partial charge in [-0.25, -0.2) is 0 Å². The second-order valence-corrected chi connectivity index (χ2v) is 6.97. The predicted octanol–water partition coefficient (Wildman–Crippen LogP) is 1.66. The van der Waals surface area contributed by atoms with Crippen LogP contribution in [0.3, 0.4) is 0 Å². The number of aliphatic carboxylic acids is 1. The Kier molecular flexibility index (Phi) is 4.07. The molecule has 0 aromatic heterocycles. The maximum atomic E-state index is 12.7. The van der Waals surface area contributed by atoms with E-state index in [1.54, 1.807) is 36.1 Å². The first-order chi connectivity index (χ1) is 11.4. The van der Waals surface area contributed by atoms with Gasteiger partial charge in [-0.05, 0) is 44.7 Å². The van der Waals surface area contributed by atoms with Crippen LogP contribution in [0.25, 0.3) is 0 Å². The van der Waals surface area contributed by atoms with E-state index in [1.165, 1.54) is 0 Å². The molecule has 1 aliphatic carbocycles. The third-order valence-electron chi connectivity index (χ3n) is 5.29. The number of carbonyl (C=O) groups excluding carboxylic acids is 2. The average molecular weight is 330 g/mol. The molecular formula is C18H22N2O4. The number of carboxylic acids is 1. The summed E-state index contributed by atoms with van der Waals surface area (Å²) >= 11 is 0. The molecule has 2 N–H and O–H groups in total. The van der Waals surface area contributed by atoms with Gasteiger partial charge in [0.2, 0.25) is 5.91 Å². The second kappa shape index (κ2) is 5.92. The Balaban J connectivity index is 1.71. The number of likely N-dealkylation sites (tertiary alicyclic amines) is 1. The summed E-state index contributed by atoms with van der Waals surface area (Å²) < 4.78 is 0. The van der Waals surface area contributed by atoms with Crippen LogP contribution in [0.1, 0.15) is 43.0 Å². The Morgan fingerprint density at radius 3 is 2.42 bits per heavy atom. The van der Waals surface area contributed by atoms with Crippen LogP contribution in [0.5, 0.6) is 0 Å². The van der Waals surface area contributed by atoms with Crippen LogP contribution in [0, 0.1) is 5.41 Å². The molecule has 6 nitrogen and oxygen atoms in total. The van der Waals surface area contributed by atoms with Crippen LogP contribution in [-0.4, -0.2) is 46.4 Å². The van der Waals surface area contributed by atoms with Crippen LogP contribution in [-0.2, 0) is 9.59 Å². The van der Waals surface area contributed by atoms with E-state index in [-0.39, 0.29) is 18.4 Å². The maximum Gasteiger partial charge on any atom is 0.311 e. The zero-order valence-corrected chi connectivity index (χ0v) is 13.7. The molecule has 2 fully saturated rings. The van der Waals surface area contributed by atoms with Gasteiger partial charge < -0.3 is 15.3 Å². The molecule has 6 heteroatoms. The Morgan fingerprint density at radius 2 is 1.83 bits per heavy atom. The van der Waals surface area contributed by atoms with Crippen LogP contribution in [0.15, 0.2) is 30.3 Å². The van der Waals surface area contributed by atoms with E-state index in [9.17, 15) is 19.5 Å². The summed E-state index contributed by atoms with van der Waals surface area (Å²) in [7, 11) is 0. The van der Waals surface area contributed by atoms with Crippen molar-refractivity contribution in [2.75, 3.05) is 13.1 Å². The van der Waals surface area contributed by atoms with E-state index < -0.39 is 16.9 Å². The molecule has 3 rings (SSSR count). The molecule has 128 valence electrons. The molecule has 2 aliphatic rings. The van der Waals surface area contributed by atoms with Crippen LogP contribution in [0.2, 0.25) is 0 Å². The monoisotopic (exact) mass is 330 g/mol. The van der Waals surface area contributed by atoms with Gasteiger partial charge in [0.1, 0.15) is 5.54 Å². The van der Waals surface area contributed by atoms with Crippen molar-refractivity contribution in [1.29, 1.82) is 0 Å². The van der Waals surface area contributed by atoms with Crippen molar-refractivity contribution in [3.63, 3.8) is 0 Å². The van der Waals surface area contributed by atoms with E-state index in [1.807, 2.05) is 6.07 Å². The lowest BCUT2D eigenvalue weighted by molar-refractivity contribution is -0.143. The number of nitrogens with one attached hydrogen (secondary N) is 1. The van der Waals surface area contributed by atoms with E-state index in [0.717, 1.165) is 6.42 Å². The summed E-state index contributed by atoms with van der Waals surface area (Å²) in [6.45, 7) is 2.42. The SMILES string of the molecule is CC1(C(=O)NCC2(C(=O)O)CC2)CCCN1C(=O)c1ccccc1.